The first-order valence-electron chi connectivity index (χ1n) is 6.88. The SMILES string of the molecule is O=CCc1ccc2c(ccn2CC2CCCC2)c1. The molecule has 1 heterocycles. The molecule has 1 aromatic heterocycles. The third-order valence-corrected chi connectivity index (χ3v) is 4.08. The predicted octanol–water partition coefficient (Wildman–Crippen LogP) is 3.57. The van der Waals surface area contributed by atoms with Gasteiger partial charge in [-0.3, -0.25) is 0 Å². The Morgan fingerprint density at radius 3 is 2.83 bits per heavy atom. The Balaban J connectivity index is 1.86. The summed E-state index contributed by atoms with van der Waals surface area (Å²) in [4.78, 5) is 10.5. The molecular weight excluding hydrogens is 222 g/mol. The molecule has 2 nitrogen and oxygen atoms in total. The fourth-order valence-electron chi connectivity index (χ4n) is 3.10. The summed E-state index contributed by atoms with van der Waals surface area (Å²) in [6.45, 7) is 1.15. The van der Waals surface area contributed by atoms with Crippen molar-refractivity contribution in [3.8, 4) is 0 Å². The van der Waals surface area contributed by atoms with Crippen LogP contribution in [0.2, 0.25) is 0 Å². The molecule has 94 valence electrons. The second kappa shape index (κ2) is 4.97. The van der Waals surface area contributed by atoms with E-state index in [1.807, 2.05) is 0 Å². The van der Waals surface area contributed by atoms with Crippen LogP contribution in [0.1, 0.15) is 31.2 Å². The average molecular weight is 241 g/mol. The van der Waals surface area contributed by atoms with Crippen LogP contribution in [-0.2, 0) is 17.8 Å². The largest absolute Gasteiger partial charge is 0.347 e. The maximum atomic E-state index is 10.5. The van der Waals surface area contributed by atoms with Gasteiger partial charge in [-0.1, -0.05) is 18.9 Å². The van der Waals surface area contributed by atoms with Gasteiger partial charge in [0.05, 0.1) is 0 Å². The molecule has 1 saturated carbocycles. The summed E-state index contributed by atoms with van der Waals surface area (Å²) >= 11 is 0. The van der Waals surface area contributed by atoms with Gasteiger partial charge in [0.2, 0.25) is 0 Å². The van der Waals surface area contributed by atoms with Gasteiger partial charge < -0.3 is 9.36 Å². The summed E-state index contributed by atoms with van der Waals surface area (Å²) in [5, 5.41) is 1.26. The molecule has 0 unspecified atom stereocenters. The third-order valence-electron chi connectivity index (χ3n) is 4.08. The van der Waals surface area contributed by atoms with Gasteiger partial charge in [-0.2, -0.15) is 0 Å². The van der Waals surface area contributed by atoms with Gasteiger partial charge in [0.25, 0.3) is 0 Å². The summed E-state index contributed by atoms with van der Waals surface area (Å²) in [5.41, 5.74) is 2.41. The van der Waals surface area contributed by atoms with Crippen LogP contribution in [-0.4, -0.2) is 10.9 Å². The van der Waals surface area contributed by atoms with Crippen LogP contribution >= 0.6 is 0 Å². The lowest BCUT2D eigenvalue weighted by Crippen LogP contribution is -2.05. The number of carbonyl (C=O) groups is 1. The molecule has 1 aliphatic rings. The number of benzene rings is 1. The Labute approximate surface area is 108 Å². The number of nitrogens with zero attached hydrogens (tertiary/aromatic N) is 1. The van der Waals surface area contributed by atoms with E-state index in [9.17, 15) is 4.79 Å². The van der Waals surface area contributed by atoms with Crippen LogP contribution in [0.4, 0.5) is 0 Å². The lowest BCUT2D eigenvalue weighted by atomic mass is 10.1. The number of fused-ring (bicyclic) bond motifs is 1. The van der Waals surface area contributed by atoms with Gasteiger partial charge in [0.15, 0.2) is 0 Å². The standard InChI is InChI=1S/C16H19NO/c18-10-8-13-5-6-16-15(11-13)7-9-17(16)12-14-3-1-2-4-14/h5-7,9-11,14H,1-4,8,12H2. The van der Waals surface area contributed by atoms with Gasteiger partial charge in [-0.25, -0.2) is 0 Å². The van der Waals surface area contributed by atoms with E-state index in [4.69, 9.17) is 0 Å². The molecule has 18 heavy (non-hydrogen) atoms. The highest BCUT2D eigenvalue weighted by molar-refractivity contribution is 5.81. The van der Waals surface area contributed by atoms with Crippen molar-refractivity contribution >= 4 is 17.2 Å². The molecule has 1 aliphatic carbocycles. The molecule has 0 spiro atoms. The Kier molecular flexibility index (Phi) is 3.18. The Bertz CT molecular complexity index is 549. The quantitative estimate of drug-likeness (QED) is 0.750. The molecule has 0 aliphatic heterocycles. The van der Waals surface area contributed by atoms with Crippen LogP contribution in [0.5, 0.6) is 0 Å². The smallest absolute Gasteiger partial charge is 0.124 e. The maximum absolute atomic E-state index is 10.5. The van der Waals surface area contributed by atoms with Gasteiger partial charge in [0, 0.05) is 24.7 Å². The van der Waals surface area contributed by atoms with Gasteiger partial charge >= 0.3 is 0 Å². The van der Waals surface area contributed by atoms with E-state index in [1.54, 1.807) is 0 Å². The molecule has 3 rings (SSSR count). The number of aromatic nitrogens is 1. The van der Waals surface area contributed by atoms with Crippen LogP contribution in [0, 0.1) is 5.92 Å². The zero-order valence-electron chi connectivity index (χ0n) is 10.6. The minimum absolute atomic E-state index is 0.518. The number of hydrogen-bond acceptors (Lipinski definition) is 1. The second-order valence-electron chi connectivity index (χ2n) is 5.38. The summed E-state index contributed by atoms with van der Waals surface area (Å²) in [7, 11) is 0. The molecular formula is C16H19NO. The van der Waals surface area contributed by atoms with Crippen molar-refractivity contribution in [2.75, 3.05) is 0 Å². The van der Waals surface area contributed by atoms with E-state index >= 15 is 0 Å². The molecule has 0 atom stereocenters. The van der Waals surface area contributed by atoms with Gasteiger partial charge in [-0.05, 0) is 47.9 Å². The fraction of sp³-hybridized carbons (Fsp3) is 0.438. The Morgan fingerprint density at radius 1 is 1.22 bits per heavy atom. The maximum Gasteiger partial charge on any atom is 0.124 e. The van der Waals surface area contributed by atoms with Gasteiger partial charge in [-0.15, -0.1) is 0 Å². The van der Waals surface area contributed by atoms with E-state index in [1.165, 1.54) is 36.6 Å². The summed E-state index contributed by atoms with van der Waals surface area (Å²) < 4.78 is 2.37. The normalized spacial score (nSPS) is 16.4. The van der Waals surface area contributed by atoms with Crippen molar-refractivity contribution in [3.05, 3.63) is 36.0 Å². The number of carbonyl (C=O) groups excluding carboxylic acids is 1. The first-order valence-corrected chi connectivity index (χ1v) is 6.88. The minimum Gasteiger partial charge on any atom is -0.347 e. The fourth-order valence-corrected chi connectivity index (χ4v) is 3.10. The van der Waals surface area contributed by atoms with Crippen LogP contribution < -0.4 is 0 Å². The van der Waals surface area contributed by atoms with Crippen molar-refractivity contribution in [2.24, 2.45) is 5.92 Å². The topological polar surface area (TPSA) is 22.0 Å². The predicted molar refractivity (Wildman–Crippen MR) is 73.7 cm³/mol. The Hall–Kier alpha value is -1.57. The molecule has 0 N–H and O–H groups in total. The van der Waals surface area contributed by atoms with Crippen LogP contribution in [0.15, 0.2) is 30.5 Å². The van der Waals surface area contributed by atoms with E-state index < -0.39 is 0 Å². The highest BCUT2D eigenvalue weighted by Crippen LogP contribution is 2.28. The number of rotatable bonds is 4. The summed E-state index contributed by atoms with van der Waals surface area (Å²) in [6.07, 6.45) is 9.22. The highest BCUT2D eigenvalue weighted by Gasteiger charge is 2.16. The van der Waals surface area contributed by atoms with Crippen molar-refractivity contribution < 1.29 is 4.79 Å². The van der Waals surface area contributed by atoms with Crippen molar-refractivity contribution in [1.82, 2.24) is 4.57 Å². The lowest BCUT2D eigenvalue weighted by Gasteiger charge is -2.11. The average Bonchev–Trinajstić information content (AvgIpc) is 3.00. The zero-order valence-corrected chi connectivity index (χ0v) is 10.6. The summed E-state index contributed by atoms with van der Waals surface area (Å²) in [5.74, 6) is 0.857. The third kappa shape index (κ3) is 2.20. The second-order valence-corrected chi connectivity index (χ2v) is 5.38. The molecule has 1 aromatic carbocycles. The Morgan fingerprint density at radius 2 is 2.06 bits per heavy atom. The van der Waals surface area contributed by atoms with E-state index in [0.29, 0.717) is 6.42 Å². The van der Waals surface area contributed by atoms with E-state index in [2.05, 4.69) is 35.0 Å². The van der Waals surface area contributed by atoms with Crippen molar-refractivity contribution in [3.63, 3.8) is 0 Å². The number of aldehydes is 1. The van der Waals surface area contributed by atoms with Crippen molar-refractivity contribution in [1.29, 1.82) is 0 Å². The monoisotopic (exact) mass is 241 g/mol. The van der Waals surface area contributed by atoms with Gasteiger partial charge in [0.1, 0.15) is 6.29 Å². The minimum atomic E-state index is 0.518. The lowest BCUT2D eigenvalue weighted by molar-refractivity contribution is -0.107. The van der Waals surface area contributed by atoms with E-state index in [0.717, 1.165) is 24.3 Å². The molecule has 2 aromatic rings. The number of hydrogen-bond donors (Lipinski definition) is 0. The van der Waals surface area contributed by atoms with Crippen LogP contribution in [0.3, 0.4) is 0 Å². The first kappa shape index (κ1) is 11.5. The zero-order chi connectivity index (χ0) is 12.4. The molecule has 0 radical (unpaired) electrons. The van der Waals surface area contributed by atoms with Crippen molar-refractivity contribution in [2.45, 2.75) is 38.6 Å². The molecule has 2 heteroatoms. The molecule has 0 saturated heterocycles. The molecule has 0 bridgehead atoms. The summed E-state index contributed by atoms with van der Waals surface area (Å²) in [6, 6.07) is 8.53. The highest BCUT2D eigenvalue weighted by atomic mass is 16.1. The van der Waals surface area contributed by atoms with E-state index in [-0.39, 0.29) is 0 Å². The molecule has 1 fully saturated rings. The first-order chi connectivity index (χ1) is 8.86. The van der Waals surface area contributed by atoms with Crippen LogP contribution in [0.25, 0.3) is 10.9 Å². The molecule has 0 amide bonds.